The molecule has 0 bridgehead atoms. The normalized spacial score (nSPS) is 11.7. The lowest BCUT2D eigenvalue weighted by atomic mass is 10.2. The molecule has 0 saturated heterocycles. The lowest BCUT2D eigenvalue weighted by Crippen LogP contribution is -2.21. The molecule has 7 heteroatoms. The fourth-order valence-corrected chi connectivity index (χ4v) is 2.22. The highest BCUT2D eigenvalue weighted by atomic mass is 19.1. The van der Waals surface area contributed by atoms with E-state index in [9.17, 15) is 4.39 Å². The van der Waals surface area contributed by atoms with Gasteiger partial charge in [-0.05, 0) is 19.1 Å². The van der Waals surface area contributed by atoms with Crippen LogP contribution in [0.2, 0.25) is 0 Å². The minimum absolute atomic E-state index is 0.0613. The van der Waals surface area contributed by atoms with Gasteiger partial charge in [0, 0.05) is 14.1 Å². The molecule has 2 aromatic rings. The number of hydrogen-bond acceptors (Lipinski definition) is 4. The van der Waals surface area contributed by atoms with Gasteiger partial charge in [-0.3, -0.25) is 4.68 Å². The van der Waals surface area contributed by atoms with Crippen molar-refractivity contribution in [2.75, 3.05) is 11.9 Å². The standard InChI is InChI=1S/C13H16FN5O/c1-8-11(12(15)17-20)13(19(3)16-8)18(2)10-7-5-4-6-9(10)14/h4-7,20H,1-3H3,(H2,15,17). The van der Waals surface area contributed by atoms with Crippen molar-refractivity contribution in [3.05, 3.63) is 41.3 Å². The summed E-state index contributed by atoms with van der Waals surface area (Å²) in [5, 5.41) is 16.1. The SMILES string of the molecule is Cc1nn(C)c(N(C)c2ccccc2F)c1C(N)=NO. The third kappa shape index (κ3) is 2.18. The highest BCUT2D eigenvalue weighted by Crippen LogP contribution is 2.30. The van der Waals surface area contributed by atoms with Gasteiger partial charge in [-0.15, -0.1) is 0 Å². The number of para-hydroxylation sites is 1. The van der Waals surface area contributed by atoms with Gasteiger partial charge in [0.1, 0.15) is 11.6 Å². The molecule has 0 unspecified atom stereocenters. The molecule has 0 aliphatic heterocycles. The van der Waals surface area contributed by atoms with Crippen LogP contribution in [0.25, 0.3) is 0 Å². The lowest BCUT2D eigenvalue weighted by molar-refractivity contribution is 0.318. The van der Waals surface area contributed by atoms with Gasteiger partial charge in [0.15, 0.2) is 5.84 Å². The molecule has 0 saturated carbocycles. The Balaban J connectivity index is 2.61. The Morgan fingerprint density at radius 3 is 2.70 bits per heavy atom. The van der Waals surface area contributed by atoms with Crippen LogP contribution in [0.15, 0.2) is 29.4 Å². The second-order valence-corrected chi connectivity index (χ2v) is 4.40. The van der Waals surface area contributed by atoms with E-state index in [4.69, 9.17) is 10.9 Å². The van der Waals surface area contributed by atoms with Crippen LogP contribution >= 0.6 is 0 Å². The van der Waals surface area contributed by atoms with E-state index < -0.39 is 0 Å². The van der Waals surface area contributed by atoms with Crippen molar-refractivity contribution >= 4 is 17.3 Å². The summed E-state index contributed by atoms with van der Waals surface area (Å²) in [5.41, 5.74) is 7.14. The van der Waals surface area contributed by atoms with Gasteiger partial charge in [-0.25, -0.2) is 4.39 Å². The molecule has 2 rings (SSSR count). The Bertz CT molecular complexity index is 665. The molecule has 1 aromatic heterocycles. The molecule has 0 amide bonds. The van der Waals surface area contributed by atoms with E-state index >= 15 is 0 Å². The maximum Gasteiger partial charge on any atom is 0.175 e. The number of nitrogens with two attached hydrogens (primary N) is 1. The molecule has 106 valence electrons. The second-order valence-electron chi connectivity index (χ2n) is 4.40. The van der Waals surface area contributed by atoms with Crippen molar-refractivity contribution in [1.82, 2.24) is 9.78 Å². The summed E-state index contributed by atoms with van der Waals surface area (Å²) in [6.45, 7) is 1.74. The first-order valence-corrected chi connectivity index (χ1v) is 5.97. The average Bonchev–Trinajstić information content (AvgIpc) is 2.72. The number of aromatic nitrogens is 2. The Labute approximate surface area is 115 Å². The third-order valence-corrected chi connectivity index (χ3v) is 3.09. The van der Waals surface area contributed by atoms with Gasteiger partial charge in [0.25, 0.3) is 0 Å². The first-order valence-electron chi connectivity index (χ1n) is 5.97. The van der Waals surface area contributed by atoms with Crippen LogP contribution in [-0.4, -0.2) is 27.9 Å². The first-order chi connectivity index (χ1) is 9.47. The summed E-state index contributed by atoms with van der Waals surface area (Å²) in [6.07, 6.45) is 0. The van der Waals surface area contributed by atoms with Crippen molar-refractivity contribution < 1.29 is 9.60 Å². The number of anilines is 2. The van der Waals surface area contributed by atoms with Gasteiger partial charge in [0.05, 0.1) is 16.9 Å². The monoisotopic (exact) mass is 277 g/mol. The smallest absolute Gasteiger partial charge is 0.175 e. The topological polar surface area (TPSA) is 79.7 Å². The molecule has 0 radical (unpaired) electrons. The number of rotatable bonds is 3. The van der Waals surface area contributed by atoms with Crippen molar-refractivity contribution in [3.8, 4) is 0 Å². The Morgan fingerprint density at radius 1 is 1.45 bits per heavy atom. The predicted molar refractivity (Wildman–Crippen MR) is 74.9 cm³/mol. The van der Waals surface area contributed by atoms with Crippen LogP contribution in [0, 0.1) is 12.7 Å². The molecule has 20 heavy (non-hydrogen) atoms. The predicted octanol–water partition coefficient (Wildman–Crippen LogP) is 1.73. The molecular weight excluding hydrogens is 261 g/mol. The van der Waals surface area contributed by atoms with Crippen LogP contribution < -0.4 is 10.6 Å². The van der Waals surface area contributed by atoms with Gasteiger partial charge < -0.3 is 15.8 Å². The number of nitrogens with zero attached hydrogens (tertiary/aromatic N) is 4. The molecule has 0 aliphatic rings. The van der Waals surface area contributed by atoms with Gasteiger partial charge in [-0.2, -0.15) is 5.10 Å². The Hall–Kier alpha value is -2.57. The molecule has 0 spiro atoms. The largest absolute Gasteiger partial charge is 0.409 e. The molecule has 0 aliphatic carbocycles. The number of amidine groups is 1. The fourth-order valence-electron chi connectivity index (χ4n) is 2.22. The highest BCUT2D eigenvalue weighted by Gasteiger charge is 2.22. The fraction of sp³-hybridized carbons (Fsp3) is 0.231. The van der Waals surface area contributed by atoms with Gasteiger partial charge in [0.2, 0.25) is 0 Å². The molecule has 3 N–H and O–H groups in total. The van der Waals surface area contributed by atoms with Crippen LogP contribution in [0.3, 0.4) is 0 Å². The second kappa shape index (κ2) is 5.20. The molecule has 0 atom stereocenters. The Kier molecular flexibility index (Phi) is 3.60. The van der Waals surface area contributed by atoms with E-state index in [0.717, 1.165) is 0 Å². The molecule has 0 fully saturated rings. The van der Waals surface area contributed by atoms with E-state index in [1.165, 1.54) is 6.07 Å². The van der Waals surface area contributed by atoms with Crippen LogP contribution in [0.5, 0.6) is 0 Å². The maximum absolute atomic E-state index is 13.9. The highest BCUT2D eigenvalue weighted by molar-refractivity contribution is 6.03. The minimum Gasteiger partial charge on any atom is -0.409 e. The number of aryl methyl sites for hydroxylation is 2. The van der Waals surface area contributed by atoms with Crippen molar-refractivity contribution in [1.29, 1.82) is 0 Å². The zero-order chi connectivity index (χ0) is 14.9. The zero-order valence-electron chi connectivity index (χ0n) is 11.5. The van der Waals surface area contributed by atoms with Gasteiger partial charge in [-0.1, -0.05) is 17.3 Å². The van der Waals surface area contributed by atoms with E-state index in [1.54, 1.807) is 48.8 Å². The number of benzene rings is 1. The van der Waals surface area contributed by atoms with E-state index in [-0.39, 0.29) is 11.7 Å². The van der Waals surface area contributed by atoms with Crippen molar-refractivity contribution in [2.24, 2.45) is 17.9 Å². The van der Waals surface area contributed by atoms with E-state index in [0.29, 0.717) is 22.8 Å². The summed E-state index contributed by atoms with van der Waals surface area (Å²) in [6, 6.07) is 6.37. The minimum atomic E-state index is -0.362. The van der Waals surface area contributed by atoms with Crippen LogP contribution in [0.4, 0.5) is 15.9 Å². The number of oxime groups is 1. The molecule has 6 nitrogen and oxygen atoms in total. The number of halogens is 1. The zero-order valence-corrected chi connectivity index (χ0v) is 11.5. The maximum atomic E-state index is 13.9. The van der Waals surface area contributed by atoms with E-state index in [1.807, 2.05) is 0 Å². The third-order valence-electron chi connectivity index (χ3n) is 3.09. The summed E-state index contributed by atoms with van der Waals surface area (Å²) in [7, 11) is 3.41. The molecule has 1 heterocycles. The van der Waals surface area contributed by atoms with E-state index in [2.05, 4.69) is 10.3 Å². The van der Waals surface area contributed by atoms with Crippen LogP contribution in [-0.2, 0) is 7.05 Å². The average molecular weight is 277 g/mol. The summed E-state index contributed by atoms with van der Waals surface area (Å²) >= 11 is 0. The number of hydrogen-bond donors (Lipinski definition) is 2. The quantitative estimate of drug-likeness (QED) is 0.387. The molecular formula is C13H16FN5O. The van der Waals surface area contributed by atoms with Crippen LogP contribution in [0.1, 0.15) is 11.3 Å². The van der Waals surface area contributed by atoms with Crippen molar-refractivity contribution in [2.45, 2.75) is 6.92 Å². The van der Waals surface area contributed by atoms with Gasteiger partial charge >= 0.3 is 0 Å². The summed E-state index contributed by atoms with van der Waals surface area (Å²) in [5.74, 6) is 0.121. The first kappa shape index (κ1) is 13.9. The summed E-state index contributed by atoms with van der Waals surface area (Å²) < 4.78 is 15.5. The summed E-state index contributed by atoms with van der Waals surface area (Å²) in [4.78, 5) is 1.61. The Morgan fingerprint density at radius 2 is 2.10 bits per heavy atom. The molecule has 1 aromatic carbocycles. The lowest BCUT2D eigenvalue weighted by Gasteiger charge is -2.21. The van der Waals surface area contributed by atoms with Crippen molar-refractivity contribution in [3.63, 3.8) is 0 Å².